The van der Waals surface area contributed by atoms with Crippen LogP contribution in [0.2, 0.25) is 0 Å². The zero-order valence-corrected chi connectivity index (χ0v) is 14.6. The highest BCUT2D eigenvalue weighted by Gasteiger charge is 2.21. The van der Waals surface area contributed by atoms with Gasteiger partial charge in [0.1, 0.15) is 0 Å². The Hall–Kier alpha value is -2.53. The van der Waals surface area contributed by atoms with E-state index in [4.69, 9.17) is 0 Å². The average Bonchev–Trinajstić information content (AvgIpc) is 2.63. The van der Waals surface area contributed by atoms with Crippen LogP contribution in [0.1, 0.15) is 18.4 Å². The minimum Gasteiger partial charge on any atom is -0.353 e. The molecular weight excluding hydrogens is 332 g/mol. The number of fused-ring (bicyclic) bond motifs is 1. The molecule has 25 heavy (non-hydrogen) atoms. The molecule has 128 valence electrons. The fraction of sp³-hybridized carbons (Fsp3) is 0.200. The van der Waals surface area contributed by atoms with Crippen molar-refractivity contribution in [1.29, 1.82) is 0 Å². The second kappa shape index (κ2) is 8.53. The molecule has 0 spiro atoms. The second-order valence-electron chi connectivity index (χ2n) is 5.79. The quantitative estimate of drug-likeness (QED) is 0.615. The highest BCUT2D eigenvalue weighted by Crippen LogP contribution is 2.37. The van der Waals surface area contributed by atoms with Gasteiger partial charge in [-0.3, -0.25) is 9.59 Å². The van der Waals surface area contributed by atoms with Crippen LogP contribution in [-0.4, -0.2) is 18.4 Å². The Bertz CT molecular complexity index is 787. The lowest BCUT2D eigenvalue weighted by Gasteiger charge is -2.17. The van der Waals surface area contributed by atoms with Gasteiger partial charge in [-0.2, -0.15) is 0 Å². The standard InChI is InChI=1S/C20H20N2O2S/c23-19(21-13-7-6-10-15-8-2-1-3-9-15)14-18-20(24)22-16-11-4-5-12-17(16)25-18/h1-5,8-9,11-12,14H,6-7,10,13H2,(H,21,23)(H,22,24). The molecule has 0 saturated heterocycles. The van der Waals surface area contributed by atoms with Gasteiger partial charge >= 0.3 is 0 Å². The van der Waals surface area contributed by atoms with Crippen LogP contribution in [0.5, 0.6) is 0 Å². The molecular formula is C20H20N2O2S. The number of benzene rings is 2. The normalized spacial score (nSPS) is 14.7. The van der Waals surface area contributed by atoms with Gasteiger partial charge in [0.25, 0.3) is 5.91 Å². The number of amides is 2. The van der Waals surface area contributed by atoms with E-state index in [-0.39, 0.29) is 11.8 Å². The number of unbranched alkanes of at least 4 members (excludes halogenated alkanes) is 1. The lowest BCUT2D eigenvalue weighted by Crippen LogP contribution is -2.25. The first-order valence-electron chi connectivity index (χ1n) is 8.34. The molecule has 0 atom stereocenters. The van der Waals surface area contributed by atoms with E-state index in [0.29, 0.717) is 11.4 Å². The molecule has 1 heterocycles. The summed E-state index contributed by atoms with van der Waals surface area (Å²) < 4.78 is 0. The molecule has 1 aliphatic heterocycles. The van der Waals surface area contributed by atoms with E-state index in [1.54, 1.807) is 0 Å². The molecule has 2 aromatic carbocycles. The molecule has 1 aliphatic rings. The first-order chi connectivity index (χ1) is 12.2. The third-order valence-electron chi connectivity index (χ3n) is 3.88. The Labute approximate surface area is 151 Å². The summed E-state index contributed by atoms with van der Waals surface area (Å²) in [5.74, 6) is -0.459. The van der Waals surface area contributed by atoms with E-state index < -0.39 is 0 Å². The highest BCUT2D eigenvalue weighted by atomic mass is 32.2. The molecule has 5 heteroatoms. The number of carbonyl (C=O) groups excluding carboxylic acids is 2. The zero-order chi connectivity index (χ0) is 17.5. The maximum absolute atomic E-state index is 12.0. The Morgan fingerprint density at radius 1 is 1.04 bits per heavy atom. The van der Waals surface area contributed by atoms with Gasteiger partial charge in [0.2, 0.25) is 5.91 Å². The van der Waals surface area contributed by atoms with Gasteiger partial charge in [0.15, 0.2) is 0 Å². The monoisotopic (exact) mass is 352 g/mol. The topological polar surface area (TPSA) is 58.2 Å². The van der Waals surface area contributed by atoms with Crippen LogP contribution in [-0.2, 0) is 16.0 Å². The predicted molar refractivity (Wildman–Crippen MR) is 101 cm³/mol. The second-order valence-corrected chi connectivity index (χ2v) is 6.88. The van der Waals surface area contributed by atoms with Crippen molar-refractivity contribution in [2.45, 2.75) is 24.2 Å². The van der Waals surface area contributed by atoms with Crippen molar-refractivity contribution >= 4 is 29.3 Å². The molecule has 2 aromatic rings. The first-order valence-corrected chi connectivity index (χ1v) is 9.16. The molecule has 0 unspecified atom stereocenters. The van der Waals surface area contributed by atoms with E-state index in [1.165, 1.54) is 23.4 Å². The number of rotatable bonds is 6. The number of nitrogens with one attached hydrogen (secondary N) is 2. The minimum absolute atomic E-state index is 0.225. The summed E-state index contributed by atoms with van der Waals surface area (Å²) in [6, 6.07) is 17.9. The summed E-state index contributed by atoms with van der Waals surface area (Å²) in [6.45, 7) is 0.609. The molecule has 0 bridgehead atoms. The zero-order valence-electron chi connectivity index (χ0n) is 13.8. The third-order valence-corrected chi connectivity index (χ3v) is 4.97. The van der Waals surface area contributed by atoms with Crippen LogP contribution in [0, 0.1) is 0 Å². The molecule has 2 amide bonds. The number of hydrogen-bond acceptors (Lipinski definition) is 3. The molecule has 0 fully saturated rings. The molecule has 4 nitrogen and oxygen atoms in total. The summed E-state index contributed by atoms with van der Waals surface area (Å²) in [5.41, 5.74) is 2.10. The van der Waals surface area contributed by atoms with Crippen molar-refractivity contribution in [1.82, 2.24) is 5.32 Å². The van der Waals surface area contributed by atoms with Crippen LogP contribution in [0.15, 0.2) is 70.5 Å². The molecule has 0 aliphatic carbocycles. The van der Waals surface area contributed by atoms with Crippen molar-refractivity contribution < 1.29 is 9.59 Å². The van der Waals surface area contributed by atoms with Crippen LogP contribution in [0.3, 0.4) is 0 Å². The van der Waals surface area contributed by atoms with E-state index in [0.717, 1.165) is 29.8 Å². The summed E-state index contributed by atoms with van der Waals surface area (Å²) in [6.07, 6.45) is 4.31. The average molecular weight is 352 g/mol. The summed E-state index contributed by atoms with van der Waals surface area (Å²) in [7, 11) is 0. The van der Waals surface area contributed by atoms with Crippen LogP contribution in [0.4, 0.5) is 5.69 Å². The third kappa shape index (κ3) is 4.97. The first kappa shape index (κ1) is 17.3. The Kier molecular flexibility index (Phi) is 5.90. The van der Waals surface area contributed by atoms with Crippen molar-refractivity contribution in [2.75, 3.05) is 11.9 Å². The Morgan fingerprint density at radius 2 is 1.80 bits per heavy atom. The molecule has 0 aromatic heterocycles. The summed E-state index contributed by atoms with van der Waals surface area (Å²) in [5, 5.41) is 5.65. The summed E-state index contributed by atoms with van der Waals surface area (Å²) >= 11 is 1.32. The summed E-state index contributed by atoms with van der Waals surface area (Å²) in [4.78, 5) is 25.4. The van der Waals surface area contributed by atoms with Gasteiger partial charge in [-0.05, 0) is 37.0 Å². The van der Waals surface area contributed by atoms with E-state index in [9.17, 15) is 9.59 Å². The molecule has 3 rings (SSSR count). The number of hydrogen-bond donors (Lipinski definition) is 2. The lowest BCUT2D eigenvalue weighted by molar-refractivity contribution is -0.117. The van der Waals surface area contributed by atoms with Crippen molar-refractivity contribution in [3.05, 3.63) is 71.1 Å². The van der Waals surface area contributed by atoms with Crippen molar-refractivity contribution in [3.63, 3.8) is 0 Å². The number of thioether (sulfide) groups is 1. The minimum atomic E-state index is -0.233. The van der Waals surface area contributed by atoms with Gasteiger partial charge < -0.3 is 10.6 Å². The maximum atomic E-state index is 12.0. The van der Waals surface area contributed by atoms with E-state index in [2.05, 4.69) is 22.8 Å². The Morgan fingerprint density at radius 3 is 2.64 bits per heavy atom. The number of carbonyl (C=O) groups is 2. The van der Waals surface area contributed by atoms with Gasteiger partial charge in [-0.25, -0.2) is 0 Å². The van der Waals surface area contributed by atoms with E-state index >= 15 is 0 Å². The maximum Gasteiger partial charge on any atom is 0.262 e. The van der Waals surface area contributed by atoms with Gasteiger partial charge in [-0.15, -0.1) is 0 Å². The van der Waals surface area contributed by atoms with Crippen LogP contribution >= 0.6 is 11.8 Å². The number of anilines is 1. The smallest absolute Gasteiger partial charge is 0.262 e. The van der Waals surface area contributed by atoms with Gasteiger partial charge in [-0.1, -0.05) is 54.2 Å². The van der Waals surface area contributed by atoms with Crippen LogP contribution < -0.4 is 10.6 Å². The SMILES string of the molecule is O=C(C=C1Sc2ccccc2NC1=O)NCCCCc1ccccc1. The fourth-order valence-electron chi connectivity index (χ4n) is 2.58. The Balaban J connectivity index is 1.44. The number of para-hydroxylation sites is 1. The largest absolute Gasteiger partial charge is 0.353 e. The predicted octanol–water partition coefficient (Wildman–Crippen LogP) is 3.75. The molecule has 0 saturated carbocycles. The number of aryl methyl sites for hydroxylation is 1. The lowest BCUT2D eigenvalue weighted by atomic mass is 10.1. The van der Waals surface area contributed by atoms with Crippen molar-refractivity contribution in [3.8, 4) is 0 Å². The van der Waals surface area contributed by atoms with Gasteiger partial charge in [0.05, 0.1) is 10.6 Å². The molecule has 0 radical (unpaired) electrons. The van der Waals surface area contributed by atoms with Crippen LogP contribution in [0.25, 0.3) is 0 Å². The van der Waals surface area contributed by atoms with Gasteiger partial charge in [0, 0.05) is 17.5 Å². The fourth-order valence-corrected chi connectivity index (χ4v) is 3.51. The van der Waals surface area contributed by atoms with E-state index in [1.807, 2.05) is 42.5 Å². The van der Waals surface area contributed by atoms with Crippen molar-refractivity contribution in [2.24, 2.45) is 0 Å². The molecule has 2 N–H and O–H groups in total. The highest BCUT2D eigenvalue weighted by molar-refractivity contribution is 8.04.